The Labute approximate surface area is 468 Å². The molecule has 5 aliphatic heterocycles. The fourth-order valence-electron chi connectivity index (χ4n) is 12.4. The van der Waals surface area contributed by atoms with E-state index in [0.29, 0.717) is 63.5 Å². The van der Waals surface area contributed by atoms with Crippen molar-refractivity contribution in [3.05, 3.63) is 71.8 Å². The van der Waals surface area contributed by atoms with E-state index in [2.05, 4.69) is 20.8 Å². The van der Waals surface area contributed by atoms with Crippen molar-refractivity contribution in [3.63, 3.8) is 0 Å². The number of hydrogen-bond donors (Lipinski definition) is 5. The number of phenolic OH excluding ortho intramolecular Hbond substituents is 1. The molecule has 0 aromatic heterocycles. The predicted octanol–water partition coefficient (Wildman–Crippen LogP) is 6.61. The Balaban J connectivity index is 0.000000455. The first-order valence-corrected chi connectivity index (χ1v) is 27.1. The molecular weight excluding hydrogens is 972 g/mol. The van der Waals surface area contributed by atoms with Crippen molar-refractivity contribution in [2.24, 2.45) is 41.4 Å². The fraction of sp³-hybridized carbons (Fsp3) is 0.678. The van der Waals surface area contributed by atoms with Gasteiger partial charge in [0.15, 0.2) is 11.6 Å². The number of aliphatic hydroxyl groups excluding tert-OH is 2. The maximum atomic E-state index is 14.4. The van der Waals surface area contributed by atoms with Gasteiger partial charge in [-0.25, -0.2) is 0 Å². The van der Waals surface area contributed by atoms with Crippen molar-refractivity contribution in [2.45, 2.75) is 199 Å². The first-order chi connectivity index (χ1) is 35.0. The summed E-state index contributed by atoms with van der Waals surface area (Å²) < 4.78 is 43.7. The quantitative estimate of drug-likeness (QED) is 0.0488. The van der Waals surface area contributed by atoms with Crippen LogP contribution in [-0.4, -0.2) is 123 Å². The van der Waals surface area contributed by atoms with Crippen LogP contribution in [0, 0.1) is 41.4 Å². The SMILES string of the molecule is CCC(C(=O)O)C1CCC(C)C(C(C)C(O)C(C)C(=O)C(CC)C2OC3(C=CC(O)C4(CCC(C)(C5CCC(O)(CC)C(C)O5)O4)O3)C(C)CC2C)O1.COc1cc(O)c(C(=O)C=Cc2ccccc2)c(OC)c1.[H-].[Na+]. The summed E-state index contributed by atoms with van der Waals surface area (Å²) in [4.78, 5) is 38.6. The number of carbonyl (C=O) groups excluding carboxylic acids is 2. The number of aromatic hydroxyl groups is 1. The summed E-state index contributed by atoms with van der Waals surface area (Å²) in [6.07, 6.45) is 8.59. The number of ether oxygens (including phenoxy) is 7. The predicted molar refractivity (Wildman–Crippen MR) is 281 cm³/mol. The molecule has 414 valence electrons. The minimum Gasteiger partial charge on any atom is -1.00 e. The Morgan fingerprint density at radius 1 is 0.880 bits per heavy atom. The molecular formula is C59H87NaO15. The largest absolute Gasteiger partial charge is 1.00 e. The molecule has 4 fully saturated rings. The van der Waals surface area contributed by atoms with E-state index in [4.69, 9.17) is 33.2 Å². The van der Waals surface area contributed by atoms with Crippen LogP contribution < -0.4 is 39.0 Å². The topological polar surface area (TPSA) is 217 Å². The Morgan fingerprint density at radius 3 is 2.16 bits per heavy atom. The summed E-state index contributed by atoms with van der Waals surface area (Å²) in [6, 6.07) is 12.4. The van der Waals surface area contributed by atoms with Crippen molar-refractivity contribution in [3.8, 4) is 17.2 Å². The van der Waals surface area contributed by atoms with E-state index in [1.165, 1.54) is 26.4 Å². The first-order valence-electron chi connectivity index (χ1n) is 27.1. The average Bonchev–Trinajstić information content (AvgIpc) is 3.73. The molecule has 2 spiro atoms. The zero-order valence-electron chi connectivity index (χ0n) is 47.8. The molecule has 5 aliphatic rings. The van der Waals surface area contributed by atoms with Crippen LogP contribution >= 0.6 is 0 Å². The van der Waals surface area contributed by atoms with Gasteiger partial charge < -0.3 is 60.1 Å². The molecule has 2 aromatic rings. The smallest absolute Gasteiger partial charge is 1.00 e. The molecule has 18 unspecified atom stereocenters. The summed E-state index contributed by atoms with van der Waals surface area (Å²) >= 11 is 0. The standard InChI is InChI=1S/C42H70O11.C17H16O4.Na.H/c1-11-29(38(46)47)31-15-14-23(4)36(50-31)27(8)34(44)26(7)35(45)30(12-2)37-24(5)22-25(6)41(51-37)19-16-32(43)42(53-41)21-20-39(10,52-42)33-17-18-40(48,13-3)28(9)49-33;1-20-13-10-15(19)17(16(11-13)21-2)14(18)9-8-12-6-4-3-5-7-12;;/h16,19,23-34,36-37,43-44,48H,11-15,17-18,20-22H2,1-10H3,(H,46,47);3-11,19H,1-2H3;;/q;;+1;-1. The van der Waals surface area contributed by atoms with Crippen LogP contribution in [0.3, 0.4) is 0 Å². The van der Waals surface area contributed by atoms with Gasteiger partial charge in [0.1, 0.15) is 34.7 Å². The number of aliphatic carboxylic acids is 1. The number of allylic oxidation sites excluding steroid dienone is 1. The number of methoxy groups -OCH3 is 2. The number of carboxylic acid groups (broad SMARTS) is 1. The van der Waals surface area contributed by atoms with Gasteiger partial charge in [-0.3, -0.25) is 14.4 Å². The summed E-state index contributed by atoms with van der Waals surface area (Å²) in [6.45, 7) is 19.6. The molecule has 18 atom stereocenters. The van der Waals surface area contributed by atoms with Crippen LogP contribution in [-0.2, 0) is 33.3 Å². The van der Waals surface area contributed by atoms with E-state index >= 15 is 0 Å². The molecule has 5 heterocycles. The molecule has 15 nitrogen and oxygen atoms in total. The number of benzene rings is 2. The van der Waals surface area contributed by atoms with Crippen molar-refractivity contribution in [2.75, 3.05) is 14.2 Å². The number of hydrogen-bond acceptors (Lipinski definition) is 14. The zero-order valence-corrected chi connectivity index (χ0v) is 48.8. The molecule has 75 heavy (non-hydrogen) atoms. The zero-order chi connectivity index (χ0) is 54.5. The number of carboxylic acids is 1. The second kappa shape index (κ2) is 26.2. The monoisotopic (exact) mass is 1060 g/mol. The normalized spacial score (nSPS) is 35.6. The number of ketones is 2. The van der Waals surface area contributed by atoms with Gasteiger partial charge >= 0.3 is 35.5 Å². The minimum absolute atomic E-state index is 0. The molecule has 0 bridgehead atoms. The van der Waals surface area contributed by atoms with Gasteiger partial charge in [-0.2, -0.15) is 0 Å². The van der Waals surface area contributed by atoms with Crippen LogP contribution in [0.5, 0.6) is 17.2 Å². The van der Waals surface area contributed by atoms with Crippen molar-refractivity contribution >= 4 is 23.6 Å². The summed E-state index contributed by atoms with van der Waals surface area (Å²) in [7, 11) is 2.91. The molecule has 7 rings (SSSR count). The van der Waals surface area contributed by atoms with Gasteiger partial charge in [-0.15, -0.1) is 0 Å². The van der Waals surface area contributed by atoms with Gasteiger partial charge in [0.05, 0.1) is 68.0 Å². The molecule has 5 N–H and O–H groups in total. The number of phenols is 1. The van der Waals surface area contributed by atoms with E-state index in [1.54, 1.807) is 31.2 Å². The van der Waals surface area contributed by atoms with E-state index < -0.39 is 76.8 Å². The Kier molecular flexibility index (Phi) is 21.9. The third kappa shape index (κ3) is 13.5. The molecule has 0 radical (unpaired) electrons. The third-order valence-corrected chi connectivity index (χ3v) is 17.4. The summed E-state index contributed by atoms with van der Waals surface area (Å²) in [5.74, 6) is -5.60. The van der Waals surface area contributed by atoms with Crippen molar-refractivity contribution in [1.29, 1.82) is 0 Å². The Hall–Kier alpha value is -3.19. The molecule has 0 aliphatic carbocycles. The van der Waals surface area contributed by atoms with Crippen LogP contribution in [0.25, 0.3) is 6.08 Å². The van der Waals surface area contributed by atoms with Crippen LogP contribution in [0.1, 0.15) is 151 Å². The number of Topliss-reactive ketones (excluding diaryl/α,β-unsaturated/α-hetero) is 1. The molecule has 4 saturated heterocycles. The summed E-state index contributed by atoms with van der Waals surface area (Å²) in [5, 5.41) is 53.9. The van der Waals surface area contributed by atoms with Crippen LogP contribution in [0.15, 0.2) is 60.7 Å². The summed E-state index contributed by atoms with van der Waals surface area (Å²) in [5.41, 5.74) is -0.614. The maximum Gasteiger partial charge on any atom is 1.00 e. The van der Waals surface area contributed by atoms with Gasteiger partial charge in [0.25, 0.3) is 0 Å². The van der Waals surface area contributed by atoms with Gasteiger partial charge in [-0.05, 0) is 107 Å². The van der Waals surface area contributed by atoms with E-state index in [-0.39, 0.29) is 95.7 Å². The fourth-order valence-corrected chi connectivity index (χ4v) is 12.4. The number of carbonyl (C=O) groups is 3. The molecule has 0 saturated carbocycles. The van der Waals surface area contributed by atoms with E-state index in [0.717, 1.165) is 12.0 Å². The van der Waals surface area contributed by atoms with Crippen molar-refractivity contribution in [1.82, 2.24) is 0 Å². The second-order valence-electron chi connectivity index (χ2n) is 22.2. The van der Waals surface area contributed by atoms with Gasteiger partial charge in [0, 0.05) is 42.2 Å². The first kappa shape index (κ1) is 62.7. The Morgan fingerprint density at radius 2 is 1.56 bits per heavy atom. The number of aliphatic hydroxyl groups is 3. The second-order valence-corrected chi connectivity index (χ2v) is 22.2. The van der Waals surface area contributed by atoms with E-state index in [9.17, 15) is 39.9 Å². The van der Waals surface area contributed by atoms with Gasteiger partial charge in [-0.1, -0.05) is 91.8 Å². The van der Waals surface area contributed by atoms with Crippen molar-refractivity contribution < 1.29 is 104 Å². The third-order valence-electron chi connectivity index (χ3n) is 17.4. The van der Waals surface area contributed by atoms with Crippen LogP contribution in [0.2, 0.25) is 0 Å². The maximum absolute atomic E-state index is 14.4. The van der Waals surface area contributed by atoms with Crippen LogP contribution in [0.4, 0.5) is 0 Å². The minimum atomic E-state index is -1.37. The molecule has 2 aromatic carbocycles. The van der Waals surface area contributed by atoms with E-state index in [1.807, 2.05) is 71.9 Å². The number of rotatable bonds is 17. The Bertz CT molecular complexity index is 2300. The molecule has 16 heteroatoms. The molecule has 0 amide bonds. The van der Waals surface area contributed by atoms with Gasteiger partial charge in [0.2, 0.25) is 5.79 Å². The average molecular weight is 1060 g/mol.